The van der Waals surface area contributed by atoms with Gasteiger partial charge in [-0.15, -0.1) is 0 Å². The van der Waals surface area contributed by atoms with Crippen molar-refractivity contribution < 1.29 is 19.1 Å². The molecule has 38 heavy (non-hydrogen) atoms. The maximum absolute atomic E-state index is 13.2. The summed E-state index contributed by atoms with van der Waals surface area (Å²) in [4.78, 5) is 61.9. The number of likely N-dealkylation sites (tertiary alicyclic amines) is 1. The van der Waals surface area contributed by atoms with Gasteiger partial charge in [0.25, 0.3) is 5.56 Å². The van der Waals surface area contributed by atoms with Crippen LogP contribution in [0.3, 0.4) is 0 Å². The van der Waals surface area contributed by atoms with Crippen LogP contribution in [0, 0.1) is 5.92 Å². The lowest BCUT2D eigenvalue weighted by atomic mass is 9.90. The number of ether oxygens (including phenoxy) is 1. The first-order chi connectivity index (χ1) is 18.3. The lowest BCUT2D eigenvalue weighted by Gasteiger charge is -2.34. The summed E-state index contributed by atoms with van der Waals surface area (Å²) in [5.74, 6) is -0.201. The number of aromatic amines is 1. The number of piperidine rings is 1. The van der Waals surface area contributed by atoms with Crippen molar-refractivity contribution in [1.29, 1.82) is 0 Å². The number of nitrogens with zero attached hydrogens (tertiary/aromatic N) is 3. The predicted octanol–water partition coefficient (Wildman–Crippen LogP) is 3.90. The molecule has 10 heteroatoms. The molecule has 4 rings (SSSR count). The molecule has 1 aromatic carbocycles. The fraction of sp³-hybridized carbons (Fsp3) is 0.536. The van der Waals surface area contributed by atoms with Crippen LogP contribution >= 0.6 is 11.6 Å². The van der Waals surface area contributed by atoms with Gasteiger partial charge >= 0.3 is 5.97 Å². The monoisotopic (exact) mass is 542 g/mol. The number of amides is 2. The highest BCUT2D eigenvalue weighted by molar-refractivity contribution is 6.30. The molecule has 2 aliphatic heterocycles. The van der Waals surface area contributed by atoms with Gasteiger partial charge in [0.15, 0.2) is 0 Å². The molecule has 2 amide bonds. The molecule has 1 aromatic heterocycles. The lowest BCUT2D eigenvalue weighted by molar-refractivity contribution is -0.149. The van der Waals surface area contributed by atoms with Crippen molar-refractivity contribution >= 4 is 29.4 Å². The standard InChI is InChI=1S/C28H35ClN4O5/c1-3-4-5-20-16-33(24(35)11-10-23(34)32-14-12-19(13-15-32)28(37)38-2)17-22-25(20)30-26(31-27(22)36)18-6-8-21(29)9-7-18/h6-9,19-20H,3-5,10-17H2,1-2H3,(H,30,31,36). The fourth-order valence-electron chi connectivity index (χ4n) is 5.29. The Hall–Kier alpha value is -3.20. The number of fused-ring (bicyclic) bond motifs is 1. The lowest BCUT2D eigenvalue weighted by Crippen LogP contribution is -2.43. The van der Waals surface area contributed by atoms with Gasteiger partial charge in [-0.2, -0.15) is 0 Å². The van der Waals surface area contributed by atoms with Gasteiger partial charge in [0, 0.05) is 49.0 Å². The highest BCUT2D eigenvalue weighted by atomic mass is 35.5. The molecular formula is C28H35ClN4O5. The van der Waals surface area contributed by atoms with Crippen LogP contribution in [0.2, 0.25) is 5.02 Å². The summed E-state index contributed by atoms with van der Waals surface area (Å²) in [5.41, 5.74) is 1.79. The van der Waals surface area contributed by atoms with Crippen molar-refractivity contribution in [2.24, 2.45) is 5.92 Å². The number of hydrogen-bond acceptors (Lipinski definition) is 6. The fourth-order valence-corrected chi connectivity index (χ4v) is 5.41. The Bertz CT molecular complexity index is 1220. The Morgan fingerprint density at radius 3 is 2.37 bits per heavy atom. The van der Waals surface area contributed by atoms with E-state index in [0.717, 1.165) is 30.5 Å². The number of methoxy groups -OCH3 is 1. The maximum atomic E-state index is 13.2. The molecule has 1 unspecified atom stereocenters. The zero-order chi connectivity index (χ0) is 27.2. The van der Waals surface area contributed by atoms with E-state index in [-0.39, 0.29) is 54.6 Å². The number of unbranched alkanes of at least 4 members (excludes halogenated alkanes) is 1. The third-order valence-electron chi connectivity index (χ3n) is 7.54. The van der Waals surface area contributed by atoms with Gasteiger partial charge in [0.2, 0.25) is 11.8 Å². The number of carbonyl (C=O) groups is 3. The molecule has 0 saturated carbocycles. The second-order valence-corrected chi connectivity index (χ2v) is 10.5. The molecule has 0 spiro atoms. The van der Waals surface area contributed by atoms with Crippen LogP contribution in [-0.4, -0.2) is 64.3 Å². The van der Waals surface area contributed by atoms with Gasteiger partial charge in [-0.25, -0.2) is 4.98 Å². The summed E-state index contributed by atoms with van der Waals surface area (Å²) in [6.45, 7) is 3.73. The van der Waals surface area contributed by atoms with E-state index >= 15 is 0 Å². The number of esters is 1. The van der Waals surface area contributed by atoms with Gasteiger partial charge in [0.05, 0.1) is 30.8 Å². The smallest absolute Gasteiger partial charge is 0.308 e. The van der Waals surface area contributed by atoms with E-state index in [1.165, 1.54) is 7.11 Å². The number of nitrogens with one attached hydrogen (secondary N) is 1. The summed E-state index contributed by atoms with van der Waals surface area (Å²) in [7, 11) is 1.37. The SMILES string of the molecule is CCCCC1CN(C(=O)CCC(=O)N2CCC(C(=O)OC)CC2)Cc2c1nc(-c1ccc(Cl)cc1)[nH]c2=O. The zero-order valence-electron chi connectivity index (χ0n) is 22.0. The van der Waals surface area contributed by atoms with Gasteiger partial charge in [-0.05, 0) is 43.5 Å². The van der Waals surface area contributed by atoms with Crippen molar-refractivity contribution in [3.63, 3.8) is 0 Å². The molecule has 0 bridgehead atoms. The Morgan fingerprint density at radius 2 is 1.74 bits per heavy atom. The van der Waals surface area contributed by atoms with Crippen LogP contribution in [0.4, 0.5) is 0 Å². The van der Waals surface area contributed by atoms with Crippen molar-refractivity contribution in [3.05, 3.63) is 50.9 Å². The topological polar surface area (TPSA) is 113 Å². The average Bonchev–Trinajstić information content (AvgIpc) is 2.94. The summed E-state index contributed by atoms with van der Waals surface area (Å²) in [6.07, 6.45) is 4.10. The van der Waals surface area contributed by atoms with Crippen LogP contribution < -0.4 is 5.56 Å². The van der Waals surface area contributed by atoms with Crippen LogP contribution in [0.1, 0.15) is 69.0 Å². The van der Waals surface area contributed by atoms with Crippen LogP contribution in [0.25, 0.3) is 11.4 Å². The Morgan fingerprint density at radius 1 is 1.08 bits per heavy atom. The summed E-state index contributed by atoms with van der Waals surface area (Å²) in [5, 5.41) is 0.605. The largest absolute Gasteiger partial charge is 0.469 e. The minimum absolute atomic E-state index is 0.0518. The van der Waals surface area contributed by atoms with E-state index in [4.69, 9.17) is 21.3 Å². The van der Waals surface area contributed by atoms with Gasteiger partial charge in [0.1, 0.15) is 5.82 Å². The van der Waals surface area contributed by atoms with E-state index in [2.05, 4.69) is 11.9 Å². The van der Waals surface area contributed by atoms with Gasteiger partial charge < -0.3 is 19.5 Å². The number of carbonyl (C=O) groups excluding carboxylic acids is 3. The quantitative estimate of drug-likeness (QED) is 0.506. The van der Waals surface area contributed by atoms with Crippen LogP contribution in [0.5, 0.6) is 0 Å². The number of rotatable bonds is 8. The third kappa shape index (κ3) is 6.43. The molecule has 0 radical (unpaired) electrons. The normalized spacial score (nSPS) is 17.7. The molecule has 1 fully saturated rings. The number of hydrogen-bond donors (Lipinski definition) is 1. The first-order valence-electron chi connectivity index (χ1n) is 13.3. The highest BCUT2D eigenvalue weighted by Crippen LogP contribution is 2.31. The molecule has 9 nitrogen and oxygen atoms in total. The Kier molecular flexibility index (Phi) is 9.20. The Labute approximate surface area is 227 Å². The van der Waals surface area contributed by atoms with Crippen molar-refractivity contribution in [3.8, 4) is 11.4 Å². The molecule has 1 saturated heterocycles. The number of aromatic nitrogens is 2. The molecule has 2 aliphatic rings. The number of H-pyrrole nitrogens is 1. The minimum atomic E-state index is -0.247. The van der Waals surface area contributed by atoms with Gasteiger partial charge in [-0.1, -0.05) is 31.4 Å². The van der Waals surface area contributed by atoms with E-state index in [1.54, 1.807) is 21.9 Å². The van der Waals surface area contributed by atoms with E-state index in [1.807, 2.05) is 12.1 Å². The molecule has 0 aliphatic carbocycles. The van der Waals surface area contributed by atoms with Crippen molar-refractivity contribution in [2.45, 2.75) is 64.3 Å². The molecular weight excluding hydrogens is 508 g/mol. The molecule has 204 valence electrons. The minimum Gasteiger partial charge on any atom is -0.469 e. The van der Waals surface area contributed by atoms with Gasteiger partial charge in [-0.3, -0.25) is 19.2 Å². The molecule has 1 N–H and O–H groups in total. The predicted molar refractivity (Wildman–Crippen MR) is 144 cm³/mol. The van der Waals surface area contributed by atoms with Crippen molar-refractivity contribution in [1.82, 2.24) is 19.8 Å². The van der Waals surface area contributed by atoms with Crippen LogP contribution in [0.15, 0.2) is 29.1 Å². The summed E-state index contributed by atoms with van der Waals surface area (Å²) >= 11 is 6.01. The maximum Gasteiger partial charge on any atom is 0.308 e. The molecule has 2 aromatic rings. The summed E-state index contributed by atoms with van der Waals surface area (Å²) in [6, 6.07) is 7.16. The first kappa shape index (κ1) is 27.8. The highest BCUT2D eigenvalue weighted by Gasteiger charge is 2.32. The summed E-state index contributed by atoms with van der Waals surface area (Å²) < 4.78 is 4.80. The number of halogens is 1. The van der Waals surface area contributed by atoms with E-state index in [0.29, 0.717) is 48.9 Å². The van der Waals surface area contributed by atoms with E-state index in [9.17, 15) is 19.2 Å². The second kappa shape index (κ2) is 12.6. The molecule has 1 atom stereocenters. The zero-order valence-corrected chi connectivity index (χ0v) is 22.8. The second-order valence-electron chi connectivity index (χ2n) is 10.1. The third-order valence-corrected chi connectivity index (χ3v) is 7.79. The average molecular weight is 543 g/mol. The molecule has 3 heterocycles. The Balaban J connectivity index is 1.43. The van der Waals surface area contributed by atoms with Crippen molar-refractivity contribution in [2.75, 3.05) is 26.7 Å². The van der Waals surface area contributed by atoms with E-state index < -0.39 is 0 Å². The first-order valence-corrected chi connectivity index (χ1v) is 13.7. The van der Waals surface area contributed by atoms with Crippen LogP contribution in [-0.2, 0) is 25.7 Å². The number of benzene rings is 1.